The molecular weight excluding hydrogens is 525 g/mol. The van der Waals surface area contributed by atoms with Crippen molar-refractivity contribution in [1.82, 2.24) is 31.2 Å². The minimum absolute atomic E-state index is 0.0524. The van der Waals surface area contributed by atoms with Crippen molar-refractivity contribution in [2.75, 3.05) is 32.8 Å². The molecule has 3 aliphatic heterocycles. The predicted octanol–water partition coefficient (Wildman–Crippen LogP) is 2.58. The van der Waals surface area contributed by atoms with E-state index in [1.165, 1.54) is 12.1 Å². The van der Waals surface area contributed by atoms with Crippen LogP contribution in [0.3, 0.4) is 0 Å². The van der Waals surface area contributed by atoms with Crippen molar-refractivity contribution in [2.24, 2.45) is 29.6 Å². The zero-order valence-corrected chi connectivity index (χ0v) is 22.2. The number of rotatable bonds is 4. The van der Waals surface area contributed by atoms with Crippen LogP contribution >= 0.6 is 0 Å². The molecule has 3 saturated heterocycles. The lowest BCUT2D eigenvalue weighted by molar-refractivity contribution is -0.137. The van der Waals surface area contributed by atoms with Gasteiger partial charge in [0.25, 0.3) is 5.91 Å². The second-order valence-electron chi connectivity index (χ2n) is 11.9. The van der Waals surface area contributed by atoms with Crippen molar-refractivity contribution < 1.29 is 27.5 Å². The maximum absolute atomic E-state index is 13.5. The number of alkyl halides is 3. The normalized spacial score (nSPS) is 33.0. The molecule has 9 nitrogen and oxygen atoms in total. The van der Waals surface area contributed by atoms with Gasteiger partial charge in [0.05, 0.1) is 17.7 Å². The third-order valence-electron chi connectivity index (χ3n) is 9.86. The largest absolute Gasteiger partial charge is 0.493 e. The molecule has 2 amide bonds. The maximum atomic E-state index is 13.5. The topological polar surface area (TPSA) is 98.8 Å². The number of nitrogens with zero attached hydrogens (tertiary/aromatic N) is 3. The molecule has 7 atom stereocenters. The third kappa shape index (κ3) is 4.22. The summed E-state index contributed by atoms with van der Waals surface area (Å²) >= 11 is 0. The third-order valence-corrected chi connectivity index (χ3v) is 9.86. The summed E-state index contributed by atoms with van der Waals surface area (Å²) in [4.78, 5) is 35.2. The minimum Gasteiger partial charge on any atom is -0.493 e. The summed E-state index contributed by atoms with van der Waals surface area (Å²) in [5, 5.41) is 0.235. The summed E-state index contributed by atoms with van der Waals surface area (Å²) in [5.41, 5.74) is 9.12. The molecule has 5 aliphatic rings. The molecule has 3 N–H and O–H groups in total. The minimum atomic E-state index is -4.49. The first-order valence-electron chi connectivity index (χ1n) is 14.2. The molecule has 1 aromatic heterocycles. The number of benzene rings is 1. The van der Waals surface area contributed by atoms with E-state index in [-0.39, 0.29) is 47.2 Å². The van der Waals surface area contributed by atoms with Gasteiger partial charge in [0, 0.05) is 55.6 Å². The van der Waals surface area contributed by atoms with E-state index in [4.69, 9.17) is 4.74 Å². The molecule has 1 aromatic carbocycles. The van der Waals surface area contributed by atoms with Gasteiger partial charge in [-0.3, -0.25) is 9.59 Å². The van der Waals surface area contributed by atoms with Crippen LogP contribution in [0.5, 0.6) is 5.75 Å². The number of carbonyl (C=O) groups is 2. The molecule has 12 heteroatoms. The number of pyridine rings is 1. The summed E-state index contributed by atoms with van der Waals surface area (Å²) < 4.78 is 45.5. The highest BCUT2D eigenvalue weighted by atomic mass is 19.4. The van der Waals surface area contributed by atoms with Crippen LogP contribution in [0.4, 0.5) is 13.2 Å². The Morgan fingerprint density at radius 1 is 0.975 bits per heavy atom. The van der Waals surface area contributed by atoms with Crippen molar-refractivity contribution in [3.05, 3.63) is 35.5 Å². The van der Waals surface area contributed by atoms with Gasteiger partial charge in [-0.25, -0.2) is 15.8 Å². The molecule has 40 heavy (non-hydrogen) atoms. The van der Waals surface area contributed by atoms with E-state index in [9.17, 15) is 22.8 Å². The van der Waals surface area contributed by atoms with Crippen LogP contribution in [0.1, 0.15) is 42.2 Å². The van der Waals surface area contributed by atoms with Gasteiger partial charge < -0.3 is 14.5 Å². The van der Waals surface area contributed by atoms with Gasteiger partial charge in [-0.15, -0.1) is 0 Å². The van der Waals surface area contributed by atoms with Crippen molar-refractivity contribution in [1.29, 1.82) is 0 Å². The quantitative estimate of drug-likeness (QED) is 0.531. The van der Waals surface area contributed by atoms with Crippen molar-refractivity contribution >= 4 is 22.7 Å². The summed E-state index contributed by atoms with van der Waals surface area (Å²) in [6, 6.07) is 5.42. The molecule has 7 rings (SSSR count). The molecule has 0 spiro atoms. The Labute approximate surface area is 229 Å². The molecule has 2 saturated carbocycles. The summed E-state index contributed by atoms with van der Waals surface area (Å²) in [5.74, 6) is 1.83. The van der Waals surface area contributed by atoms with Crippen molar-refractivity contribution in [2.45, 2.75) is 44.4 Å². The van der Waals surface area contributed by atoms with Gasteiger partial charge in [0.15, 0.2) is 0 Å². The van der Waals surface area contributed by atoms with E-state index in [1.54, 1.807) is 6.92 Å². The first kappa shape index (κ1) is 26.0. The Morgan fingerprint density at radius 3 is 2.33 bits per heavy atom. The van der Waals surface area contributed by atoms with E-state index in [0.29, 0.717) is 48.3 Å². The van der Waals surface area contributed by atoms with Crippen LogP contribution in [0.2, 0.25) is 0 Å². The van der Waals surface area contributed by atoms with E-state index >= 15 is 0 Å². The highest BCUT2D eigenvalue weighted by Crippen LogP contribution is 2.54. The number of ether oxygens (including phenoxy) is 1. The Balaban J connectivity index is 1.03. The molecule has 4 heterocycles. The maximum Gasteiger partial charge on any atom is 0.416 e. The van der Waals surface area contributed by atoms with Crippen LogP contribution in [-0.4, -0.2) is 71.5 Å². The number of likely N-dealkylation sites (tertiary alicyclic amines) is 2. The average molecular weight is 559 g/mol. The zero-order valence-electron chi connectivity index (χ0n) is 22.2. The number of carbonyl (C=O) groups excluding carboxylic acids is 2. The standard InChI is InChI=1S/C28H33F3N6O3/c1-2-40-25-9-24(32-21-6-4-15(8-16(21)25)28(29,30)31)27(39)37-12-19-17-10-36(11-18(17)20(19)13-37)26(38)14-3-5-22-23(7-14)34-35-33-22/h4,6,8-9,14,17-20,22-23,33-35H,2-3,5,7,10-13H2,1H3/t14?,17-,18+,19+,20-,22?,23?. The summed E-state index contributed by atoms with van der Waals surface area (Å²) in [7, 11) is 0. The van der Waals surface area contributed by atoms with Gasteiger partial charge >= 0.3 is 6.18 Å². The predicted molar refractivity (Wildman–Crippen MR) is 139 cm³/mol. The fourth-order valence-corrected chi connectivity index (χ4v) is 7.85. The van der Waals surface area contributed by atoms with E-state index in [1.807, 2.05) is 4.90 Å². The highest BCUT2D eigenvalue weighted by Gasteiger charge is 2.59. The lowest BCUT2D eigenvalue weighted by atomic mass is 9.60. The Kier molecular flexibility index (Phi) is 6.21. The summed E-state index contributed by atoms with van der Waals surface area (Å²) in [6.45, 7) is 4.73. The number of amides is 2. The van der Waals surface area contributed by atoms with Gasteiger partial charge in [-0.2, -0.15) is 18.7 Å². The van der Waals surface area contributed by atoms with Gasteiger partial charge in [-0.05, 0) is 68.1 Å². The Morgan fingerprint density at radius 2 is 1.65 bits per heavy atom. The second-order valence-corrected chi connectivity index (χ2v) is 11.9. The smallest absolute Gasteiger partial charge is 0.416 e. The number of halogens is 3. The lowest BCUT2D eigenvalue weighted by Gasteiger charge is -2.42. The fraction of sp³-hybridized carbons (Fsp3) is 0.607. The van der Waals surface area contributed by atoms with Crippen LogP contribution in [0.25, 0.3) is 10.9 Å². The number of hydrogen-bond acceptors (Lipinski definition) is 7. The molecule has 0 bridgehead atoms. The van der Waals surface area contributed by atoms with Crippen molar-refractivity contribution in [3.8, 4) is 5.75 Å². The molecule has 2 aromatic rings. The summed E-state index contributed by atoms with van der Waals surface area (Å²) in [6.07, 6.45) is -1.77. The van der Waals surface area contributed by atoms with Crippen LogP contribution in [0.15, 0.2) is 24.3 Å². The first-order valence-corrected chi connectivity index (χ1v) is 14.2. The molecule has 5 fully saturated rings. The Hall–Kier alpha value is -2.96. The molecule has 2 aliphatic carbocycles. The Bertz CT molecular complexity index is 1330. The van der Waals surface area contributed by atoms with Crippen LogP contribution in [0, 0.1) is 29.6 Å². The number of fused-ring (bicyclic) bond motifs is 6. The molecule has 3 unspecified atom stereocenters. The second kappa shape index (κ2) is 9.56. The monoisotopic (exact) mass is 558 g/mol. The van der Waals surface area contributed by atoms with E-state index < -0.39 is 11.7 Å². The van der Waals surface area contributed by atoms with Gasteiger partial charge in [0.1, 0.15) is 11.4 Å². The SMILES string of the molecule is CCOc1cc(C(=O)N2C[C@@H]3[C@H](C2)[C@H]2CN(C(=O)C4CCC5NNNC5C4)C[C@@H]32)nc2ccc(C(F)(F)F)cc12. The zero-order chi connectivity index (χ0) is 27.8. The number of hydrogen-bond donors (Lipinski definition) is 3. The number of aromatic nitrogens is 1. The van der Waals surface area contributed by atoms with Crippen LogP contribution in [-0.2, 0) is 11.0 Å². The fourth-order valence-electron chi connectivity index (χ4n) is 7.85. The van der Waals surface area contributed by atoms with Crippen molar-refractivity contribution in [3.63, 3.8) is 0 Å². The molecule has 214 valence electrons. The first-order chi connectivity index (χ1) is 19.2. The lowest BCUT2D eigenvalue weighted by Crippen LogP contribution is -2.45. The molecular formula is C28H33F3N6O3. The number of nitrogens with one attached hydrogen (secondary N) is 3. The van der Waals surface area contributed by atoms with E-state index in [0.717, 1.165) is 44.5 Å². The average Bonchev–Trinajstić information content (AvgIpc) is 3.66. The number of hydrazine groups is 2. The highest BCUT2D eigenvalue weighted by molar-refractivity contribution is 5.97. The van der Waals surface area contributed by atoms with Gasteiger partial charge in [-0.1, -0.05) is 0 Å². The van der Waals surface area contributed by atoms with Crippen LogP contribution < -0.4 is 21.1 Å². The van der Waals surface area contributed by atoms with E-state index in [2.05, 4.69) is 26.3 Å². The molecule has 0 radical (unpaired) electrons. The van der Waals surface area contributed by atoms with Gasteiger partial charge in [0.2, 0.25) is 5.91 Å².